The maximum absolute atomic E-state index is 13.0. The molecule has 2 N–H and O–H groups in total. The first-order valence-corrected chi connectivity index (χ1v) is 12.9. The molecular weight excluding hydrogens is 416 g/mol. The third-order valence-corrected chi connectivity index (χ3v) is 7.91. The molecule has 3 rings (SSSR count). The van der Waals surface area contributed by atoms with Gasteiger partial charge in [-0.15, -0.1) is 0 Å². The first-order valence-electron chi connectivity index (χ1n) is 12.9. The minimum absolute atomic E-state index is 0.0577. The molecule has 186 valence electrons. The van der Waals surface area contributed by atoms with Crippen LogP contribution < -0.4 is 14.8 Å². The lowest BCUT2D eigenvalue weighted by Gasteiger charge is -2.52. The largest absolute Gasteiger partial charge is 0.497 e. The number of unbranched alkanes of at least 4 members (excludes halogenated alkanes) is 1. The molecular formula is C27H44N2O4. The number of carbonyl (C=O) groups excluding carboxylic acids is 1. The fourth-order valence-corrected chi connectivity index (χ4v) is 5.84. The van der Waals surface area contributed by atoms with E-state index in [0.717, 1.165) is 62.1 Å². The van der Waals surface area contributed by atoms with E-state index in [0.29, 0.717) is 25.4 Å². The van der Waals surface area contributed by atoms with E-state index < -0.39 is 5.60 Å². The molecule has 2 aliphatic rings. The summed E-state index contributed by atoms with van der Waals surface area (Å²) in [4.78, 5) is 15.3. The van der Waals surface area contributed by atoms with Crippen LogP contribution in [0.2, 0.25) is 0 Å². The second-order valence-corrected chi connectivity index (χ2v) is 9.95. The molecule has 1 amide bonds. The Morgan fingerprint density at radius 1 is 1.24 bits per heavy atom. The van der Waals surface area contributed by atoms with Crippen molar-refractivity contribution in [2.75, 3.05) is 33.9 Å². The number of ether oxygens (including phenoxy) is 2. The van der Waals surface area contributed by atoms with E-state index in [1.807, 2.05) is 18.2 Å². The molecule has 6 heteroatoms. The predicted molar refractivity (Wildman–Crippen MR) is 132 cm³/mol. The third kappa shape index (κ3) is 6.21. The number of aliphatic hydroxyl groups is 1. The monoisotopic (exact) mass is 460 g/mol. The van der Waals surface area contributed by atoms with Gasteiger partial charge < -0.3 is 19.9 Å². The summed E-state index contributed by atoms with van der Waals surface area (Å²) in [6.45, 7) is 6.20. The zero-order valence-corrected chi connectivity index (χ0v) is 21.1. The lowest BCUT2D eigenvalue weighted by atomic mass is 9.66. The quantitative estimate of drug-likeness (QED) is 0.501. The Morgan fingerprint density at radius 2 is 2.06 bits per heavy atom. The van der Waals surface area contributed by atoms with Crippen LogP contribution in [0, 0.1) is 11.8 Å². The number of rotatable bonds is 11. The molecule has 0 aromatic heterocycles. The molecule has 0 bridgehead atoms. The van der Waals surface area contributed by atoms with Crippen LogP contribution in [-0.4, -0.2) is 55.4 Å². The molecule has 6 nitrogen and oxygen atoms in total. The van der Waals surface area contributed by atoms with Gasteiger partial charge in [-0.1, -0.05) is 52.0 Å². The van der Waals surface area contributed by atoms with E-state index in [-0.39, 0.29) is 17.9 Å². The second kappa shape index (κ2) is 12.1. The highest BCUT2D eigenvalue weighted by Crippen LogP contribution is 2.51. The Labute approximate surface area is 200 Å². The molecule has 1 heterocycles. The van der Waals surface area contributed by atoms with Gasteiger partial charge in [-0.05, 0) is 37.7 Å². The Kier molecular flexibility index (Phi) is 9.45. The summed E-state index contributed by atoms with van der Waals surface area (Å²) in [6, 6.07) is 5.85. The number of nitrogens with zero attached hydrogens (tertiary/aromatic N) is 1. The van der Waals surface area contributed by atoms with E-state index in [1.165, 1.54) is 12.8 Å². The van der Waals surface area contributed by atoms with Gasteiger partial charge in [0.1, 0.15) is 11.5 Å². The zero-order valence-electron chi connectivity index (χ0n) is 21.1. The van der Waals surface area contributed by atoms with Crippen molar-refractivity contribution in [1.82, 2.24) is 10.2 Å². The van der Waals surface area contributed by atoms with Crippen LogP contribution in [0.4, 0.5) is 0 Å². The topological polar surface area (TPSA) is 71.0 Å². The van der Waals surface area contributed by atoms with Gasteiger partial charge in [0.05, 0.1) is 26.4 Å². The van der Waals surface area contributed by atoms with E-state index in [4.69, 9.17) is 9.47 Å². The number of likely N-dealkylation sites (tertiary alicyclic amines) is 1. The number of hydrogen-bond donors (Lipinski definition) is 2. The Bertz CT molecular complexity index is 770. The van der Waals surface area contributed by atoms with Crippen molar-refractivity contribution in [1.29, 1.82) is 0 Å². The Morgan fingerprint density at radius 3 is 2.76 bits per heavy atom. The Balaban J connectivity index is 1.80. The summed E-state index contributed by atoms with van der Waals surface area (Å²) in [5.41, 5.74) is 0.361. The van der Waals surface area contributed by atoms with E-state index >= 15 is 0 Å². The van der Waals surface area contributed by atoms with Crippen LogP contribution in [0.15, 0.2) is 18.2 Å². The summed E-state index contributed by atoms with van der Waals surface area (Å²) in [5, 5.41) is 14.7. The number of amides is 1. The molecule has 1 saturated heterocycles. The number of hydrogen-bond acceptors (Lipinski definition) is 5. The predicted octanol–water partition coefficient (Wildman–Crippen LogP) is 4.70. The van der Waals surface area contributed by atoms with Gasteiger partial charge in [0.25, 0.3) is 0 Å². The summed E-state index contributed by atoms with van der Waals surface area (Å²) in [7, 11) is 3.32. The van der Waals surface area contributed by atoms with Gasteiger partial charge >= 0.3 is 0 Å². The van der Waals surface area contributed by atoms with Crippen LogP contribution in [0.25, 0.3) is 0 Å². The maximum atomic E-state index is 13.0. The maximum Gasteiger partial charge on any atom is 0.234 e. The summed E-state index contributed by atoms with van der Waals surface area (Å²) >= 11 is 0. The first-order chi connectivity index (χ1) is 16.0. The first kappa shape index (κ1) is 25.8. The number of piperidine rings is 1. The lowest BCUT2D eigenvalue weighted by molar-refractivity contribution is -0.138. The SMILES string of the molecule is CCCCC(CC)CNC(=O)CN1CC[C@@]2(O)CCCC[C@H]2[C@@H]1c1ccc(OC)cc1OC. The average Bonchev–Trinajstić information content (AvgIpc) is 2.83. The van der Waals surface area contributed by atoms with Crippen molar-refractivity contribution in [2.45, 2.75) is 83.3 Å². The van der Waals surface area contributed by atoms with Crippen molar-refractivity contribution >= 4 is 5.91 Å². The van der Waals surface area contributed by atoms with Crippen LogP contribution >= 0.6 is 0 Å². The molecule has 1 aliphatic carbocycles. The second-order valence-electron chi connectivity index (χ2n) is 9.95. The van der Waals surface area contributed by atoms with Gasteiger partial charge in [-0.3, -0.25) is 9.69 Å². The van der Waals surface area contributed by atoms with Crippen molar-refractivity contribution < 1.29 is 19.4 Å². The standard InChI is InChI=1S/C27H44N2O4/c1-5-7-10-20(6-2)18-28-25(30)19-29-16-15-27(31)14-9-8-11-23(27)26(29)22-13-12-21(32-3)17-24(22)33-4/h12-13,17,20,23,26,31H,5-11,14-16,18-19H2,1-4H3,(H,28,30)/t20?,23-,26-,27-/m0/s1. The molecule has 4 atom stereocenters. The Hall–Kier alpha value is -1.79. The summed E-state index contributed by atoms with van der Waals surface area (Å²) < 4.78 is 11.2. The minimum Gasteiger partial charge on any atom is -0.497 e. The highest BCUT2D eigenvalue weighted by Gasteiger charge is 2.49. The van der Waals surface area contributed by atoms with Gasteiger partial charge in [0, 0.05) is 36.7 Å². The van der Waals surface area contributed by atoms with Crippen LogP contribution in [0.3, 0.4) is 0 Å². The van der Waals surface area contributed by atoms with Crippen LogP contribution in [0.5, 0.6) is 11.5 Å². The number of benzene rings is 1. The van der Waals surface area contributed by atoms with Crippen molar-refractivity contribution in [2.24, 2.45) is 11.8 Å². The van der Waals surface area contributed by atoms with Gasteiger partial charge in [-0.2, -0.15) is 0 Å². The smallest absolute Gasteiger partial charge is 0.234 e. The molecule has 1 aromatic carbocycles. The number of methoxy groups -OCH3 is 2. The molecule has 33 heavy (non-hydrogen) atoms. The van der Waals surface area contributed by atoms with Gasteiger partial charge in [0.2, 0.25) is 5.91 Å². The summed E-state index contributed by atoms with van der Waals surface area (Å²) in [6.07, 6.45) is 9.34. The molecule has 0 spiro atoms. The van der Waals surface area contributed by atoms with Crippen molar-refractivity contribution in [3.8, 4) is 11.5 Å². The summed E-state index contributed by atoms with van der Waals surface area (Å²) in [5.74, 6) is 2.19. The van der Waals surface area contributed by atoms with Crippen molar-refractivity contribution in [3.05, 3.63) is 23.8 Å². The normalized spacial score (nSPS) is 26.3. The number of carbonyl (C=O) groups is 1. The minimum atomic E-state index is -0.672. The number of fused-ring (bicyclic) bond motifs is 1. The fourth-order valence-electron chi connectivity index (χ4n) is 5.84. The third-order valence-electron chi connectivity index (χ3n) is 7.91. The molecule has 1 aliphatic heterocycles. The van der Waals surface area contributed by atoms with Crippen LogP contribution in [-0.2, 0) is 4.79 Å². The molecule has 1 aromatic rings. The molecule has 0 radical (unpaired) electrons. The number of nitrogens with one attached hydrogen (secondary N) is 1. The van der Waals surface area contributed by atoms with Crippen molar-refractivity contribution in [3.63, 3.8) is 0 Å². The highest BCUT2D eigenvalue weighted by molar-refractivity contribution is 5.78. The van der Waals surface area contributed by atoms with E-state index in [2.05, 4.69) is 24.1 Å². The van der Waals surface area contributed by atoms with Gasteiger partial charge in [-0.25, -0.2) is 0 Å². The average molecular weight is 461 g/mol. The fraction of sp³-hybridized carbons (Fsp3) is 0.741. The lowest BCUT2D eigenvalue weighted by Crippen LogP contribution is -2.56. The molecule has 1 unspecified atom stereocenters. The zero-order chi connectivity index (χ0) is 23.8. The van der Waals surface area contributed by atoms with Crippen LogP contribution in [0.1, 0.15) is 83.2 Å². The van der Waals surface area contributed by atoms with Gasteiger partial charge in [0.15, 0.2) is 0 Å². The van der Waals surface area contributed by atoms with E-state index in [9.17, 15) is 9.90 Å². The highest BCUT2D eigenvalue weighted by atomic mass is 16.5. The molecule has 2 fully saturated rings. The molecule has 1 saturated carbocycles. The van der Waals surface area contributed by atoms with E-state index in [1.54, 1.807) is 14.2 Å².